The number of nitrogens with one attached hydrogen (secondary N) is 1. The van der Waals surface area contributed by atoms with Crippen molar-refractivity contribution in [3.63, 3.8) is 0 Å². The minimum Gasteiger partial charge on any atom is -0.375 e. The first-order valence-electron chi connectivity index (χ1n) is 7.67. The van der Waals surface area contributed by atoms with Crippen LogP contribution in [-0.2, 0) is 10.4 Å². The van der Waals surface area contributed by atoms with E-state index in [0.717, 1.165) is 21.2 Å². The van der Waals surface area contributed by atoms with E-state index in [-0.39, 0.29) is 12.2 Å². The second-order valence-electron chi connectivity index (χ2n) is 6.38. The fraction of sp³-hybridized carbons (Fsp3) is 0.263. The lowest BCUT2D eigenvalue weighted by Gasteiger charge is -2.21. The zero-order valence-electron chi connectivity index (χ0n) is 13.7. The number of aryl methyl sites for hydroxylation is 3. The van der Waals surface area contributed by atoms with Crippen molar-refractivity contribution in [2.75, 3.05) is 5.32 Å². The summed E-state index contributed by atoms with van der Waals surface area (Å²) in [5.74, 6) is -0.804. The first-order valence-corrected chi connectivity index (χ1v) is 8.46. The highest BCUT2D eigenvalue weighted by molar-refractivity contribution is 9.10. The van der Waals surface area contributed by atoms with Crippen molar-refractivity contribution in [2.45, 2.75) is 32.8 Å². The number of fused-ring (bicyclic) bond motifs is 1. The Morgan fingerprint density at radius 3 is 2.42 bits per heavy atom. The first-order chi connectivity index (χ1) is 11.2. The molecule has 0 saturated heterocycles. The van der Waals surface area contributed by atoms with Crippen molar-refractivity contribution >= 4 is 33.3 Å². The third-order valence-corrected chi connectivity index (χ3v) is 4.92. The van der Waals surface area contributed by atoms with Crippen molar-refractivity contribution < 1.29 is 14.7 Å². The Balaban J connectivity index is 2.01. The molecular weight excluding hydrogens is 370 g/mol. The SMILES string of the molecule is Cc1cc(C)c(C(=O)C[C@@]2(O)C(=O)Nc3ccc(Br)cc32)c(C)c1. The third-order valence-electron chi connectivity index (χ3n) is 4.42. The van der Waals surface area contributed by atoms with Crippen LogP contribution in [0.2, 0.25) is 0 Å². The number of hydrogen-bond acceptors (Lipinski definition) is 3. The highest BCUT2D eigenvalue weighted by Crippen LogP contribution is 2.40. The second kappa shape index (κ2) is 5.83. The molecule has 0 fully saturated rings. The molecule has 2 N–H and O–H groups in total. The fourth-order valence-corrected chi connectivity index (χ4v) is 3.79. The van der Waals surface area contributed by atoms with Crippen molar-refractivity contribution in [3.05, 3.63) is 62.6 Å². The van der Waals surface area contributed by atoms with Gasteiger partial charge in [0.05, 0.1) is 6.42 Å². The summed E-state index contributed by atoms with van der Waals surface area (Å²) in [7, 11) is 0. The third kappa shape index (κ3) is 2.68. The van der Waals surface area contributed by atoms with Crippen LogP contribution in [0.4, 0.5) is 5.69 Å². The average molecular weight is 388 g/mol. The molecule has 0 saturated carbocycles. The van der Waals surface area contributed by atoms with Crippen LogP contribution in [0.5, 0.6) is 0 Å². The lowest BCUT2D eigenvalue weighted by atomic mass is 9.85. The molecule has 0 bridgehead atoms. The average Bonchev–Trinajstić information content (AvgIpc) is 2.69. The number of aliphatic hydroxyl groups is 1. The molecule has 0 unspecified atom stereocenters. The zero-order valence-corrected chi connectivity index (χ0v) is 15.3. The molecule has 1 amide bonds. The van der Waals surface area contributed by atoms with Crippen LogP contribution in [0, 0.1) is 20.8 Å². The van der Waals surface area contributed by atoms with Crippen molar-refractivity contribution in [1.29, 1.82) is 0 Å². The van der Waals surface area contributed by atoms with Gasteiger partial charge >= 0.3 is 0 Å². The van der Waals surface area contributed by atoms with E-state index in [0.29, 0.717) is 16.8 Å². The van der Waals surface area contributed by atoms with Crippen molar-refractivity contribution in [1.82, 2.24) is 0 Å². The normalized spacial score (nSPS) is 19.1. The van der Waals surface area contributed by atoms with Crippen LogP contribution in [0.15, 0.2) is 34.8 Å². The quantitative estimate of drug-likeness (QED) is 0.787. The van der Waals surface area contributed by atoms with E-state index in [4.69, 9.17) is 0 Å². The minimum atomic E-state index is -1.85. The number of carbonyl (C=O) groups is 2. The molecule has 2 aromatic rings. The van der Waals surface area contributed by atoms with Gasteiger partial charge in [-0.1, -0.05) is 33.6 Å². The number of amides is 1. The summed E-state index contributed by atoms with van der Waals surface area (Å²) in [6, 6.07) is 9.03. The predicted molar refractivity (Wildman–Crippen MR) is 96.3 cm³/mol. The number of Topliss-reactive ketones (excluding diaryl/α,β-unsaturated/α-hetero) is 1. The Kier molecular flexibility index (Phi) is 4.10. The van der Waals surface area contributed by atoms with E-state index >= 15 is 0 Å². The van der Waals surface area contributed by atoms with Crippen LogP contribution in [0.1, 0.15) is 39.0 Å². The Hall–Kier alpha value is -1.98. The van der Waals surface area contributed by atoms with Crippen LogP contribution in [-0.4, -0.2) is 16.8 Å². The van der Waals surface area contributed by atoms with Gasteiger partial charge in [0.15, 0.2) is 11.4 Å². The van der Waals surface area contributed by atoms with Crippen LogP contribution >= 0.6 is 15.9 Å². The van der Waals surface area contributed by atoms with Crippen molar-refractivity contribution in [3.8, 4) is 0 Å². The second-order valence-corrected chi connectivity index (χ2v) is 7.29. The highest BCUT2D eigenvalue weighted by atomic mass is 79.9. The van der Waals surface area contributed by atoms with E-state index < -0.39 is 11.5 Å². The number of ketones is 1. The molecule has 1 aliphatic heterocycles. The molecule has 0 aromatic heterocycles. The molecule has 0 spiro atoms. The molecule has 4 nitrogen and oxygen atoms in total. The van der Waals surface area contributed by atoms with Gasteiger partial charge in [-0.3, -0.25) is 9.59 Å². The summed E-state index contributed by atoms with van der Waals surface area (Å²) in [5, 5.41) is 13.6. The zero-order chi connectivity index (χ0) is 17.6. The molecule has 0 radical (unpaired) electrons. The van der Waals surface area contributed by atoms with Crippen LogP contribution in [0.25, 0.3) is 0 Å². The number of hydrogen-bond donors (Lipinski definition) is 2. The van der Waals surface area contributed by atoms with Gasteiger partial charge in [0.1, 0.15) is 0 Å². The van der Waals surface area contributed by atoms with Gasteiger partial charge in [-0.25, -0.2) is 0 Å². The van der Waals surface area contributed by atoms with Gasteiger partial charge in [0, 0.05) is 21.3 Å². The minimum absolute atomic E-state index is 0.240. The Morgan fingerprint density at radius 2 is 1.79 bits per heavy atom. The summed E-state index contributed by atoms with van der Waals surface area (Å²) in [6.07, 6.45) is -0.285. The first kappa shape index (κ1) is 16.9. The van der Waals surface area contributed by atoms with Crippen LogP contribution in [0.3, 0.4) is 0 Å². The Labute approximate surface area is 149 Å². The standard InChI is InChI=1S/C19H18BrNO3/c1-10-6-11(2)17(12(3)7-10)16(22)9-19(24)14-8-13(20)4-5-15(14)21-18(19)23/h4-8,24H,9H2,1-3H3,(H,21,23)/t19-/m0/s1. The molecule has 124 valence electrons. The maximum Gasteiger partial charge on any atom is 0.261 e. The number of benzene rings is 2. The monoisotopic (exact) mass is 387 g/mol. The molecular formula is C19H18BrNO3. The van der Waals surface area contributed by atoms with Gasteiger partial charge in [-0.15, -0.1) is 0 Å². The smallest absolute Gasteiger partial charge is 0.261 e. The lowest BCUT2D eigenvalue weighted by Crippen LogP contribution is -2.36. The summed E-state index contributed by atoms with van der Waals surface area (Å²) < 4.78 is 0.742. The summed E-state index contributed by atoms with van der Waals surface area (Å²) in [5.41, 5.74) is 2.48. The summed E-state index contributed by atoms with van der Waals surface area (Å²) in [6.45, 7) is 5.72. The molecule has 0 aliphatic carbocycles. The predicted octanol–water partition coefficient (Wildman–Crippen LogP) is 3.79. The van der Waals surface area contributed by atoms with Gasteiger partial charge in [-0.2, -0.15) is 0 Å². The number of anilines is 1. The maximum absolute atomic E-state index is 12.8. The largest absolute Gasteiger partial charge is 0.375 e. The topological polar surface area (TPSA) is 66.4 Å². The van der Waals surface area contributed by atoms with Gasteiger partial charge in [-0.05, 0) is 50.1 Å². The number of rotatable bonds is 3. The van der Waals surface area contributed by atoms with Crippen molar-refractivity contribution in [2.24, 2.45) is 0 Å². The summed E-state index contributed by atoms with van der Waals surface area (Å²) in [4.78, 5) is 25.2. The van der Waals surface area contributed by atoms with E-state index in [1.807, 2.05) is 32.9 Å². The molecule has 1 heterocycles. The van der Waals surface area contributed by atoms with E-state index in [1.54, 1.807) is 18.2 Å². The Morgan fingerprint density at radius 1 is 1.17 bits per heavy atom. The molecule has 1 aliphatic rings. The number of carbonyl (C=O) groups excluding carboxylic acids is 2. The van der Waals surface area contributed by atoms with Gasteiger partial charge in [0.2, 0.25) is 0 Å². The van der Waals surface area contributed by atoms with Gasteiger partial charge in [0.25, 0.3) is 5.91 Å². The molecule has 1 atom stereocenters. The highest BCUT2D eigenvalue weighted by Gasteiger charge is 2.47. The lowest BCUT2D eigenvalue weighted by molar-refractivity contribution is -0.133. The fourth-order valence-electron chi connectivity index (χ4n) is 3.43. The molecule has 5 heteroatoms. The van der Waals surface area contributed by atoms with Gasteiger partial charge < -0.3 is 10.4 Å². The molecule has 3 rings (SSSR count). The Bertz CT molecular complexity index is 852. The van der Waals surface area contributed by atoms with E-state index in [9.17, 15) is 14.7 Å². The van der Waals surface area contributed by atoms with E-state index in [1.165, 1.54) is 0 Å². The molecule has 24 heavy (non-hydrogen) atoms. The summed E-state index contributed by atoms with van der Waals surface area (Å²) >= 11 is 3.34. The molecule has 2 aromatic carbocycles. The maximum atomic E-state index is 12.8. The van der Waals surface area contributed by atoms with Crippen LogP contribution < -0.4 is 5.32 Å². The number of halogens is 1. The van der Waals surface area contributed by atoms with E-state index in [2.05, 4.69) is 21.2 Å².